The van der Waals surface area contributed by atoms with Gasteiger partial charge in [0.1, 0.15) is 18.7 Å². The van der Waals surface area contributed by atoms with Gasteiger partial charge in [-0.3, -0.25) is 0 Å². The topological polar surface area (TPSA) is 51.1 Å². The molecule has 0 bridgehead atoms. The molecule has 0 atom stereocenters. The molecular formula is C14H15FN2O3. The molecule has 2 rings (SSSR count). The van der Waals surface area contributed by atoms with Crippen LogP contribution in [0, 0.1) is 5.82 Å². The van der Waals surface area contributed by atoms with E-state index in [1.807, 2.05) is 6.08 Å². The number of halogens is 1. The Kier molecular flexibility index (Phi) is 4.70. The zero-order chi connectivity index (χ0) is 14.4. The second-order valence-electron chi connectivity index (χ2n) is 4.23. The maximum atomic E-state index is 12.8. The second-order valence-corrected chi connectivity index (χ2v) is 4.23. The first-order valence-electron chi connectivity index (χ1n) is 6.17. The van der Waals surface area contributed by atoms with Crippen molar-refractivity contribution in [2.75, 3.05) is 20.2 Å². The van der Waals surface area contributed by atoms with E-state index < -0.39 is 6.09 Å². The number of nitrogens with zero attached hydrogens (tertiary/aromatic N) is 2. The highest BCUT2D eigenvalue weighted by Gasteiger charge is 2.19. The number of ether oxygens (including phenoxy) is 1. The van der Waals surface area contributed by atoms with Crippen LogP contribution in [0.5, 0.6) is 5.75 Å². The number of hydrogen-bond acceptors (Lipinski definition) is 4. The van der Waals surface area contributed by atoms with Crippen LogP contribution in [0.15, 0.2) is 41.1 Å². The highest BCUT2D eigenvalue weighted by atomic mass is 19.1. The van der Waals surface area contributed by atoms with E-state index in [1.54, 1.807) is 11.1 Å². The van der Waals surface area contributed by atoms with Gasteiger partial charge < -0.3 is 14.5 Å². The van der Waals surface area contributed by atoms with Crippen molar-refractivity contribution in [3.05, 3.63) is 41.7 Å². The number of carbonyl (C=O) groups excluding carboxylic acids is 1. The summed E-state index contributed by atoms with van der Waals surface area (Å²) in [6.07, 6.45) is 3.82. The summed E-state index contributed by atoms with van der Waals surface area (Å²) in [7, 11) is 1.46. The molecule has 5 nitrogen and oxygen atoms in total. The summed E-state index contributed by atoms with van der Waals surface area (Å²) in [5.41, 5.74) is 0.883. The first kappa shape index (κ1) is 14.0. The molecule has 1 aliphatic rings. The Morgan fingerprint density at radius 2 is 2.15 bits per heavy atom. The summed E-state index contributed by atoms with van der Waals surface area (Å²) in [5.74, 6) is -0.0539. The van der Waals surface area contributed by atoms with E-state index in [0.29, 0.717) is 18.8 Å². The van der Waals surface area contributed by atoms with Crippen molar-refractivity contribution in [1.82, 2.24) is 4.90 Å². The number of benzene rings is 1. The number of carbonyl (C=O) groups is 1. The molecule has 6 heteroatoms. The molecule has 0 aliphatic carbocycles. The minimum Gasteiger partial charge on any atom is -0.410 e. The average Bonchev–Trinajstić information content (AvgIpc) is 2.48. The Morgan fingerprint density at radius 1 is 1.40 bits per heavy atom. The van der Waals surface area contributed by atoms with E-state index in [9.17, 15) is 9.18 Å². The number of hydrogen-bond donors (Lipinski definition) is 0. The van der Waals surface area contributed by atoms with E-state index >= 15 is 0 Å². The van der Waals surface area contributed by atoms with Crippen molar-refractivity contribution < 1.29 is 18.8 Å². The van der Waals surface area contributed by atoms with Crippen molar-refractivity contribution >= 4 is 12.3 Å². The molecule has 0 spiro atoms. The Hall–Kier alpha value is -2.37. The molecule has 1 aromatic carbocycles. The molecule has 106 valence electrons. The van der Waals surface area contributed by atoms with E-state index in [2.05, 4.69) is 9.99 Å². The molecule has 0 aromatic heterocycles. The van der Waals surface area contributed by atoms with Crippen molar-refractivity contribution in [2.45, 2.75) is 6.42 Å². The van der Waals surface area contributed by atoms with Gasteiger partial charge in [0.2, 0.25) is 0 Å². The number of amides is 1. The van der Waals surface area contributed by atoms with Gasteiger partial charge >= 0.3 is 6.09 Å². The minimum absolute atomic E-state index is 0.318. The number of rotatable bonds is 3. The van der Waals surface area contributed by atoms with Crippen LogP contribution >= 0.6 is 0 Å². The summed E-state index contributed by atoms with van der Waals surface area (Å²) >= 11 is 0. The van der Waals surface area contributed by atoms with Crippen LogP contribution in [0.3, 0.4) is 0 Å². The van der Waals surface area contributed by atoms with Gasteiger partial charge in [-0.2, -0.15) is 0 Å². The highest BCUT2D eigenvalue weighted by Crippen LogP contribution is 2.15. The minimum atomic E-state index is -0.465. The fourth-order valence-electron chi connectivity index (χ4n) is 1.81. The molecule has 1 amide bonds. The van der Waals surface area contributed by atoms with Crippen molar-refractivity contribution in [1.29, 1.82) is 0 Å². The lowest BCUT2D eigenvalue weighted by Gasteiger charge is -2.25. The first-order chi connectivity index (χ1) is 9.69. The second kappa shape index (κ2) is 6.70. The maximum absolute atomic E-state index is 12.8. The molecule has 0 saturated heterocycles. The lowest BCUT2D eigenvalue weighted by atomic mass is 10.1. The Balaban J connectivity index is 1.94. The average molecular weight is 278 g/mol. The molecule has 0 N–H and O–H groups in total. The Bertz CT molecular complexity index is 526. The molecule has 1 aromatic rings. The molecule has 20 heavy (non-hydrogen) atoms. The smallest absolute Gasteiger partial charge is 0.410 e. The zero-order valence-electron chi connectivity index (χ0n) is 11.1. The molecule has 0 radical (unpaired) electrons. The fourth-order valence-corrected chi connectivity index (χ4v) is 1.81. The number of oxime groups is 1. The van der Waals surface area contributed by atoms with Crippen molar-refractivity contribution in [2.24, 2.45) is 5.16 Å². The summed E-state index contributed by atoms with van der Waals surface area (Å²) in [5, 5.41) is 3.67. The lowest BCUT2D eigenvalue weighted by molar-refractivity contribution is 0.155. The van der Waals surface area contributed by atoms with Crippen LogP contribution in [-0.4, -0.2) is 37.4 Å². The van der Waals surface area contributed by atoms with Crippen LogP contribution in [0.25, 0.3) is 0 Å². The van der Waals surface area contributed by atoms with Crippen LogP contribution in [0.4, 0.5) is 9.18 Å². The van der Waals surface area contributed by atoms with Gasteiger partial charge in [-0.05, 0) is 36.3 Å². The van der Waals surface area contributed by atoms with Crippen LogP contribution in [0.1, 0.15) is 6.42 Å². The molecule has 0 fully saturated rings. The van der Waals surface area contributed by atoms with Crippen molar-refractivity contribution in [3.63, 3.8) is 0 Å². The standard InChI is InChI=1S/C14H15FN2O3/c1-19-16-9-11-3-2-8-17(10-11)14(18)20-13-6-4-12(15)5-7-13/h3-7,9H,2,8,10H2,1H3/b16-9+. The largest absolute Gasteiger partial charge is 0.415 e. The van der Waals surface area contributed by atoms with Crippen molar-refractivity contribution in [3.8, 4) is 5.75 Å². The van der Waals surface area contributed by atoms with Gasteiger partial charge in [-0.1, -0.05) is 11.2 Å². The maximum Gasteiger partial charge on any atom is 0.415 e. The van der Waals surface area contributed by atoms with Gasteiger partial charge in [0.15, 0.2) is 0 Å². The monoisotopic (exact) mass is 278 g/mol. The van der Waals surface area contributed by atoms with E-state index in [4.69, 9.17) is 4.74 Å². The van der Waals surface area contributed by atoms with E-state index in [0.717, 1.165) is 12.0 Å². The third-order valence-electron chi connectivity index (χ3n) is 2.78. The Morgan fingerprint density at radius 3 is 2.85 bits per heavy atom. The quantitative estimate of drug-likeness (QED) is 0.630. The third kappa shape index (κ3) is 3.81. The fraction of sp³-hybridized carbons (Fsp3) is 0.286. The molecule has 1 heterocycles. The van der Waals surface area contributed by atoms with Gasteiger partial charge in [0, 0.05) is 6.54 Å². The highest BCUT2D eigenvalue weighted by molar-refractivity contribution is 5.81. The lowest BCUT2D eigenvalue weighted by Crippen LogP contribution is -2.38. The zero-order valence-corrected chi connectivity index (χ0v) is 11.1. The summed E-state index contributed by atoms with van der Waals surface area (Å²) in [6.45, 7) is 0.983. The van der Waals surface area contributed by atoms with Gasteiger partial charge in [0.25, 0.3) is 0 Å². The summed E-state index contributed by atoms with van der Waals surface area (Å²) < 4.78 is 17.9. The van der Waals surface area contributed by atoms with Gasteiger partial charge in [-0.15, -0.1) is 0 Å². The van der Waals surface area contributed by atoms with Gasteiger partial charge in [-0.25, -0.2) is 9.18 Å². The summed E-state index contributed by atoms with van der Waals surface area (Å²) in [6, 6.07) is 5.32. The van der Waals surface area contributed by atoms with E-state index in [-0.39, 0.29) is 5.82 Å². The van der Waals surface area contributed by atoms with Crippen LogP contribution in [-0.2, 0) is 4.84 Å². The van der Waals surface area contributed by atoms with Crippen LogP contribution in [0.2, 0.25) is 0 Å². The van der Waals surface area contributed by atoms with Gasteiger partial charge in [0.05, 0.1) is 12.8 Å². The molecular weight excluding hydrogens is 263 g/mol. The SMILES string of the molecule is CO/N=C/C1=CCCN(C(=O)Oc2ccc(F)cc2)C1. The normalized spacial score (nSPS) is 15.1. The molecule has 1 aliphatic heterocycles. The van der Waals surface area contributed by atoms with Crippen LogP contribution < -0.4 is 4.74 Å². The third-order valence-corrected chi connectivity index (χ3v) is 2.78. The molecule has 0 saturated carbocycles. The summed E-state index contributed by atoms with van der Waals surface area (Å²) in [4.78, 5) is 18.1. The predicted octanol–water partition coefficient (Wildman–Crippen LogP) is 2.59. The van der Waals surface area contributed by atoms with E-state index in [1.165, 1.54) is 31.4 Å². The molecule has 0 unspecified atom stereocenters. The predicted molar refractivity (Wildman–Crippen MR) is 72.2 cm³/mol. The first-order valence-corrected chi connectivity index (χ1v) is 6.17. The Labute approximate surface area is 116 Å².